The highest BCUT2D eigenvalue weighted by Crippen LogP contribution is 2.20. The molecule has 0 aliphatic carbocycles. The average molecular weight is 347 g/mol. The van der Waals surface area contributed by atoms with Gasteiger partial charge in [0.25, 0.3) is 0 Å². The SMILES string of the molecule is Cc1cccc(-c2noc(CS(=O)Cc3ccccc3Cl)n2)c1. The Labute approximate surface area is 142 Å². The van der Waals surface area contributed by atoms with Crippen molar-refractivity contribution in [2.45, 2.75) is 18.4 Å². The molecule has 2 aromatic carbocycles. The zero-order valence-corrected chi connectivity index (χ0v) is 14.1. The van der Waals surface area contributed by atoms with Gasteiger partial charge in [0, 0.05) is 21.4 Å². The number of nitrogens with zero attached hydrogens (tertiary/aromatic N) is 2. The minimum atomic E-state index is -1.16. The third-order valence-electron chi connectivity index (χ3n) is 3.30. The van der Waals surface area contributed by atoms with Gasteiger partial charge in [0.2, 0.25) is 11.7 Å². The van der Waals surface area contributed by atoms with Crippen LogP contribution in [0.5, 0.6) is 0 Å². The van der Waals surface area contributed by atoms with Gasteiger partial charge in [-0.05, 0) is 24.6 Å². The number of halogens is 1. The summed E-state index contributed by atoms with van der Waals surface area (Å²) in [5, 5.41) is 4.58. The summed E-state index contributed by atoms with van der Waals surface area (Å²) in [6, 6.07) is 15.2. The third-order valence-corrected chi connectivity index (χ3v) is 4.87. The fourth-order valence-corrected chi connectivity index (χ4v) is 3.57. The summed E-state index contributed by atoms with van der Waals surface area (Å²) in [7, 11) is -1.16. The van der Waals surface area contributed by atoms with E-state index in [2.05, 4.69) is 10.1 Å². The molecule has 0 bridgehead atoms. The Hall–Kier alpha value is -1.98. The van der Waals surface area contributed by atoms with Gasteiger partial charge in [-0.3, -0.25) is 4.21 Å². The highest BCUT2D eigenvalue weighted by Gasteiger charge is 2.13. The molecule has 3 aromatic rings. The fraction of sp³-hybridized carbons (Fsp3) is 0.176. The van der Waals surface area contributed by atoms with Gasteiger partial charge in [-0.15, -0.1) is 0 Å². The standard InChI is InChI=1S/C17H15ClN2O2S/c1-12-5-4-7-13(9-12)17-19-16(22-20-17)11-23(21)10-14-6-2-3-8-15(14)18/h2-9H,10-11H2,1H3. The first-order valence-corrected chi connectivity index (χ1v) is 8.96. The molecule has 1 heterocycles. The molecule has 0 saturated heterocycles. The molecule has 0 radical (unpaired) electrons. The van der Waals surface area contributed by atoms with Crippen molar-refractivity contribution in [2.24, 2.45) is 0 Å². The lowest BCUT2D eigenvalue weighted by molar-refractivity contribution is 0.390. The first-order valence-electron chi connectivity index (χ1n) is 7.10. The van der Waals surface area contributed by atoms with E-state index in [4.69, 9.17) is 16.1 Å². The molecule has 118 valence electrons. The van der Waals surface area contributed by atoms with E-state index in [0.29, 0.717) is 22.5 Å². The summed E-state index contributed by atoms with van der Waals surface area (Å²) in [5.74, 6) is 1.46. The van der Waals surface area contributed by atoms with Crippen molar-refractivity contribution in [1.82, 2.24) is 10.1 Å². The Balaban J connectivity index is 1.69. The zero-order valence-electron chi connectivity index (χ0n) is 12.5. The van der Waals surface area contributed by atoms with Crippen LogP contribution in [0, 0.1) is 6.92 Å². The van der Waals surface area contributed by atoms with Crippen LogP contribution < -0.4 is 0 Å². The van der Waals surface area contributed by atoms with Gasteiger partial charge in [0.1, 0.15) is 5.75 Å². The predicted molar refractivity (Wildman–Crippen MR) is 91.5 cm³/mol. The molecule has 1 atom stereocenters. The molecule has 1 unspecified atom stereocenters. The number of rotatable bonds is 5. The maximum Gasteiger partial charge on any atom is 0.239 e. The van der Waals surface area contributed by atoms with Gasteiger partial charge in [0.15, 0.2) is 0 Å². The van der Waals surface area contributed by atoms with Crippen LogP contribution in [-0.2, 0) is 22.3 Å². The Morgan fingerprint density at radius 2 is 1.96 bits per heavy atom. The highest BCUT2D eigenvalue weighted by molar-refractivity contribution is 7.83. The van der Waals surface area contributed by atoms with Crippen molar-refractivity contribution in [3.8, 4) is 11.4 Å². The Kier molecular flexibility index (Phi) is 4.88. The van der Waals surface area contributed by atoms with Crippen LogP contribution in [0.4, 0.5) is 0 Å². The van der Waals surface area contributed by atoms with Crippen molar-refractivity contribution in [1.29, 1.82) is 0 Å². The fourth-order valence-electron chi connectivity index (χ4n) is 2.19. The van der Waals surface area contributed by atoms with Gasteiger partial charge in [-0.1, -0.05) is 58.7 Å². The minimum Gasteiger partial charge on any atom is -0.338 e. The number of hydrogen-bond acceptors (Lipinski definition) is 4. The van der Waals surface area contributed by atoms with Gasteiger partial charge >= 0.3 is 0 Å². The number of aromatic nitrogens is 2. The van der Waals surface area contributed by atoms with Crippen molar-refractivity contribution in [2.75, 3.05) is 0 Å². The second-order valence-corrected chi connectivity index (χ2v) is 7.07. The molecule has 0 amide bonds. The van der Waals surface area contributed by atoms with Gasteiger partial charge in [0.05, 0.1) is 5.75 Å². The van der Waals surface area contributed by atoms with Crippen molar-refractivity contribution in [3.05, 3.63) is 70.6 Å². The molecule has 1 aromatic heterocycles. The molecule has 0 N–H and O–H groups in total. The molecule has 23 heavy (non-hydrogen) atoms. The molecule has 3 rings (SSSR count). The lowest BCUT2D eigenvalue weighted by Crippen LogP contribution is -2.00. The van der Waals surface area contributed by atoms with Gasteiger partial charge in [-0.2, -0.15) is 4.98 Å². The molecule has 0 saturated carbocycles. The second-order valence-electron chi connectivity index (χ2n) is 5.20. The molecule has 4 nitrogen and oxygen atoms in total. The van der Waals surface area contributed by atoms with Crippen molar-refractivity contribution in [3.63, 3.8) is 0 Å². The second kappa shape index (κ2) is 7.06. The van der Waals surface area contributed by atoms with Crippen LogP contribution in [-0.4, -0.2) is 14.3 Å². The summed E-state index contributed by atoms with van der Waals surface area (Å²) >= 11 is 6.08. The van der Waals surface area contributed by atoms with Crippen LogP contribution in [0.2, 0.25) is 5.02 Å². The Morgan fingerprint density at radius 3 is 2.74 bits per heavy atom. The summed E-state index contributed by atoms with van der Waals surface area (Å²) in [6.07, 6.45) is 0. The van der Waals surface area contributed by atoms with E-state index < -0.39 is 10.8 Å². The maximum atomic E-state index is 12.3. The third kappa shape index (κ3) is 4.06. The van der Waals surface area contributed by atoms with E-state index in [1.165, 1.54) is 0 Å². The predicted octanol–water partition coefficient (Wildman–Crippen LogP) is 4.15. The molecular weight excluding hydrogens is 332 g/mol. The Morgan fingerprint density at radius 1 is 1.13 bits per heavy atom. The van der Waals surface area contributed by atoms with Crippen LogP contribution >= 0.6 is 11.6 Å². The molecule has 0 aliphatic rings. The molecule has 6 heteroatoms. The molecule has 0 spiro atoms. The largest absolute Gasteiger partial charge is 0.338 e. The summed E-state index contributed by atoms with van der Waals surface area (Å²) in [5.41, 5.74) is 2.86. The topological polar surface area (TPSA) is 56.0 Å². The van der Waals surface area contributed by atoms with E-state index in [-0.39, 0.29) is 5.75 Å². The summed E-state index contributed by atoms with van der Waals surface area (Å²) < 4.78 is 17.5. The highest BCUT2D eigenvalue weighted by atomic mass is 35.5. The Bertz CT molecular complexity index is 848. The smallest absolute Gasteiger partial charge is 0.239 e. The van der Waals surface area contributed by atoms with Gasteiger partial charge < -0.3 is 4.52 Å². The lowest BCUT2D eigenvalue weighted by atomic mass is 10.1. The minimum absolute atomic E-state index is 0.212. The van der Waals surface area contributed by atoms with Crippen LogP contribution in [0.25, 0.3) is 11.4 Å². The van der Waals surface area contributed by atoms with Gasteiger partial charge in [-0.25, -0.2) is 0 Å². The van der Waals surface area contributed by atoms with Crippen LogP contribution in [0.3, 0.4) is 0 Å². The molecule has 0 aliphatic heterocycles. The quantitative estimate of drug-likeness (QED) is 0.696. The van der Waals surface area contributed by atoms with E-state index in [1.54, 1.807) is 6.07 Å². The first-order chi connectivity index (χ1) is 11.1. The van der Waals surface area contributed by atoms with E-state index >= 15 is 0 Å². The molecule has 0 fully saturated rings. The number of aryl methyl sites for hydroxylation is 1. The summed E-state index contributed by atoms with van der Waals surface area (Å²) in [6.45, 7) is 2.00. The van der Waals surface area contributed by atoms with E-state index in [1.807, 2.05) is 49.4 Å². The monoisotopic (exact) mass is 346 g/mol. The van der Waals surface area contributed by atoms with E-state index in [9.17, 15) is 4.21 Å². The maximum absolute atomic E-state index is 12.3. The van der Waals surface area contributed by atoms with Crippen LogP contribution in [0.1, 0.15) is 17.0 Å². The van der Waals surface area contributed by atoms with Crippen molar-refractivity contribution >= 4 is 22.4 Å². The van der Waals surface area contributed by atoms with Crippen molar-refractivity contribution < 1.29 is 8.73 Å². The average Bonchev–Trinajstić information content (AvgIpc) is 2.98. The number of hydrogen-bond donors (Lipinski definition) is 0. The lowest BCUT2D eigenvalue weighted by Gasteiger charge is -2.02. The molecular formula is C17H15ClN2O2S. The first kappa shape index (κ1) is 15.9. The summed E-state index contributed by atoms with van der Waals surface area (Å²) in [4.78, 5) is 4.32. The number of benzene rings is 2. The van der Waals surface area contributed by atoms with E-state index in [0.717, 1.165) is 16.7 Å². The normalized spacial score (nSPS) is 12.3. The van der Waals surface area contributed by atoms with Crippen LogP contribution in [0.15, 0.2) is 53.1 Å². The zero-order chi connectivity index (χ0) is 16.2.